The number of ether oxygens (including phenoxy) is 2. The van der Waals surface area contributed by atoms with Crippen molar-refractivity contribution < 1.29 is 65.4 Å². The van der Waals surface area contributed by atoms with Crippen LogP contribution in [0.1, 0.15) is 0 Å². The average molecular weight is 489 g/mol. The second kappa shape index (κ2) is 10.7. The zero-order valence-electron chi connectivity index (χ0n) is 14.8. The number of aliphatic hydroxyl groups excluding tert-OH is 1. The number of carbonyl (C=O) groups excluding carboxylic acids is 1. The fourth-order valence-corrected chi connectivity index (χ4v) is 5.14. The van der Waals surface area contributed by atoms with E-state index in [0.29, 0.717) is 7.11 Å². The van der Waals surface area contributed by atoms with Gasteiger partial charge in [0.1, 0.15) is 18.4 Å². The van der Waals surface area contributed by atoms with Crippen LogP contribution in [0.25, 0.3) is 0 Å². The maximum absolute atomic E-state index is 11.7. The second-order valence-electron chi connectivity index (χ2n) is 5.26. The van der Waals surface area contributed by atoms with Gasteiger partial charge >= 0.3 is 29.6 Å². The zero-order valence-corrected chi connectivity index (χ0v) is 17.5. The zero-order chi connectivity index (χ0) is 22.5. The Hall–Kier alpha value is -0.480. The summed E-state index contributed by atoms with van der Waals surface area (Å²) < 4.78 is 60.0. The van der Waals surface area contributed by atoms with E-state index in [2.05, 4.69) is 23.0 Å². The lowest BCUT2D eigenvalue weighted by atomic mass is 10.1. The fourth-order valence-electron chi connectivity index (χ4n) is 1.88. The highest BCUT2D eigenvalue weighted by molar-refractivity contribution is 7.66. The number of hydrogen-bond acceptors (Lipinski definition) is 13. The van der Waals surface area contributed by atoms with Gasteiger partial charge in [-0.3, -0.25) is 9.05 Å². The van der Waals surface area contributed by atoms with Crippen LogP contribution >= 0.6 is 23.5 Å². The number of aliphatic hydroxyl groups is 1. The quantitative estimate of drug-likeness (QED) is 0.156. The van der Waals surface area contributed by atoms with Gasteiger partial charge in [-0.05, 0) is 0 Å². The predicted molar refractivity (Wildman–Crippen MR) is 90.8 cm³/mol. The molecule has 1 fully saturated rings. The van der Waals surface area contributed by atoms with Crippen LogP contribution in [0.3, 0.4) is 0 Å². The Bertz CT molecular complexity index is 707. The highest BCUT2D eigenvalue weighted by Gasteiger charge is 2.47. The number of phosphoric ester groups is 2. The van der Waals surface area contributed by atoms with E-state index in [9.17, 15) is 33.4 Å². The lowest BCUT2D eigenvalue weighted by Crippen LogP contribution is -2.44. The molecule has 29 heavy (non-hydrogen) atoms. The van der Waals surface area contributed by atoms with E-state index in [0.717, 1.165) is 0 Å². The van der Waals surface area contributed by atoms with E-state index in [1.165, 1.54) is 0 Å². The van der Waals surface area contributed by atoms with Gasteiger partial charge in [0, 0.05) is 20.2 Å². The first-order valence-electron chi connectivity index (χ1n) is 7.57. The first kappa shape index (κ1) is 26.6. The molecule has 17 nitrogen and oxygen atoms in total. The van der Waals surface area contributed by atoms with Crippen molar-refractivity contribution in [2.24, 2.45) is 11.5 Å². The van der Waals surface area contributed by atoms with Crippen LogP contribution in [0.2, 0.25) is 0 Å². The first-order chi connectivity index (χ1) is 13.2. The van der Waals surface area contributed by atoms with E-state index < -0.39 is 60.7 Å². The summed E-state index contributed by atoms with van der Waals surface area (Å²) in [4.78, 5) is 39.1. The Morgan fingerprint density at radius 1 is 1.14 bits per heavy atom. The van der Waals surface area contributed by atoms with E-state index in [-0.39, 0.29) is 13.1 Å². The molecule has 0 aromatic heterocycles. The van der Waals surface area contributed by atoms with Crippen LogP contribution in [0.15, 0.2) is 0 Å². The molecule has 0 bridgehead atoms. The highest BCUT2D eigenvalue weighted by atomic mass is 31.3. The molecule has 0 spiro atoms. The third-order valence-electron chi connectivity index (χ3n) is 3.08. The summed E-state index contributed by atoms with van der Waals surface area (Å²) in [6, 6.07) is 0. The lowest BCUT2D eigenvalue weighted by Gasteiger charge is -2.20. The molecular formula is C9H22N3O14P3. The Balaban J connectivity index is 2.63. The number of alkyl carbamates (subject to hydrolysis) is 1. The molecule has 1 heterocycles. The summed E-state index contributed by atoms with van der Waals surface area (Å²) >= 11 is 0. The molecule has 9 N–H and O–H groups in total. The molecule has 0 radical (unpaired) electrons. The van der Waals surface area contributed by atoms with Crippen molar-refractivity contribution in [1.29, 1.82) is 0 Å². The number of amides is 1. The summed E-state index contributed by atoms with van der Waals surface area (Å²) in [5, 5.41) is 12.3. The maximum atomic E-state index is 11.7. The van der Waals surface area contributed by atoms with Crippen LogP contribution in [0, 0.1) is 0 Å². The van der Waals surface area contributed by atoms with E-state index in [4.69, 9.17) is 25.8 Å². The first-order valence-corrected chi connectivity index (χ1v) is 12.1. The van der Waals surface area contributed by atoms with Gasteiger partial charge in [-0.2, -0.15) is 8.62 Å². The van der Waals surface area contributed by atoms with Crippen molar-refractivity contribution in [2.75, 3.05) is 26.8 Å². The molecule has 1 aliphatic rings. The Labute approximate surface area is 164 Å². The summed E-state index contributed by atoms with van der Waals surface area (Å²) in [6.45, 7) is -0.710. The number of hydrogen-bond donors (Lipinski definition) is 7. The Morgan fingerprint density at radius 3 is 2.28 bits per heavy atom. The summed E-state index contributed by atoms with van der Waals surface area (Å²) in [6.07, 6.45) is -6.70. The van der Waals surface area contributed by atoms with Crippen LogP contribution in [0.4, 0.5) is 4.79 Å². The van der Waals surface area contributed by atoms with Gasteiger partial charge in [-0.15, -0.1) is 0 Å². The molecule has 20 heteroatoms. The topological polar surface area (TPSA) is 269 Å². The van der Waals surface area contributed by atoms with Crippen LogP contribution < -0.4 is 16.8 Å². The highest BCUT2D eigenvalue weighted by Crippen LogP contribution is 2.67. The minimum Gasteiger partial charge on any atom is -0.439 e. The van der Waals surface area contributed by atoms with Crippen molar-refractivity contribution in [3.05, 3.63) is 0 Å². The van der Waals surface area contributed by atoms with Gasteiger partial charge in [-0.1, -0.05) is 0 Å². The van der Waals surface area contributed by atoms with E-state index in [1.807, 2.05) is 0 Å². The molecule has 5 unspecified atom stereocenters. The third kappa shape index (κ3) is 9.04. The Kier molecular flexibility index (Phi) is 9.80. The normalized spacial score (nSPS) is 30.7. The van der Waals surface area contributed by atoms with Gasteiger partial charge < -0.3 is 46.0 Å². The predicted octanol–water partition coefficient (Wildman–Crippen LogP) is -1.92. The SMILES string of the molecule is COP(=O)(O)OP(=O)(O)OP(=O)(O)OC[C@H]1O[C@@H](N)C(OC(=O)NCCN)C1O. The fraction of sp³-hybridized carbons (Fsp3) is 0.889. The number of nitrogens with one attached hydrogen (secondary N) is 1. The summed E-state index contributed by atoms with van der Waals surface area (Å²) in [5.74, 6) is 0. The van der Waals surface area contributed by atoms with Crippen LogP contribution in [0.5, 0.6) is 0 Å². The molecular weight excluding hydrogens is 467 g/mol. The van der Waals surface area contributed by atoms with E-state index in [1.54, 1.807) is 0 Å². The molecule has 0 aromatic rings. The van der Waals surface area contributed by atoms with Crippen LogP contribution in [-0.2, 0) is 40.8 Å². The van der Waals surface area contributed by atoms with Crippen molar-refractivity contribution in [3.8, 4) is 0 Å². The monoisotopic (exact) mass is 489 g/mol. The molecule has 1 saturated heterocycles. The third-order valence-corrected chi connectivity index (χ3v) is 7.31. The molecule has 172 valence electrons. The largest absolute Gasteiger partial charge is 0.490 e. The molecule has 0 aliphatic carbocycles. The molecule has 1 rings (SSSR count). The van der Waals surface area contributed by atoms with Gasteiger partial charge in [0.15, 0.2) is 6.10 Å². The molecule has 0 aromatic carbocycles. The summed E-state index contributed by atoms with van der Waals surface area (Å²) in [7, 11) is -15.3. The molecule has 0 saturated carbocycles. The van der Waals surface area contributed by atoms with Crippen LogP contribution in [-0.4, -0.2) is 77.2 Å². The lowest BCUT2D eigenvalue weighted by molar-refractivity contribution is -0.0196. The number of carbonyl (C=O) groups is 1. The molecule has 1 aliphatic heterocycles. The smallest absolute Gasteiger partial charge is 0.439 e. The number of phosphoric acid groups is 3. The van der Waals surface area contributed by atoms with Gasteiger partial charge in [0.25, 0.3) is 0 Å². The number of rotatable bonds is 11. The van der Waals surface area contributed by atoms with Crippen molar-refractivity contribution in [2.45, 2.75) is 24.5 Å². The summed E-state index contributed by atoms with van der Waals surface area (Å²) in [5.41, 5.74) is 10.8. The molecule has 1 amide bonds. The minimum atomic E-state index is -5.57. The van der Waals surface area contributed by atoms with Gasteiger partial charge in [0.05, 0.1) is 6.61 Å². The standard InChI is InChI=1S/C9H22N3O14P3/c1-21-27(15,16)25-29(19,20)26-28(17,18)22-4-5-6(13)7(8(11)23-5)24-9(14)12-3-2-10/h5-8,13H,2-4,10-11H2,1H3,(H,12,14)(H,15,16)(H,17,18)(H,19,20)/t5-,6?,7?,8-/m1/s1. The average Bonchev–Trinajstić information content (AvgIpc) is 2.84. The number of nitrogens with two attached hydrogens (primary N) is 2. The second-order valence-corrected chi connectivity index (χ2v) is 10.0. The molecule has 7 atom stereocenters. The maximum Gasteiger partial charge on any atom is 0.490 e. The van der Waals surface area contributed by atoms with Crippen molar-refractivity contribution in [3.63, 3.8) is 0 Å². The van der Waals surface area contributed by atoms with Crippen molar-refractivity contribution in [1.82, 2.24) is 5.32 Å². The Morgan fingerprint density at radius 2 is 1.72 bits per heavy atom. The van der Waals surface area contributed by atoms with E-state index >= 15 is 0 Å². The van der Waals surface area contributed by atoms with Crippen molar-refractivity contribution >= 4 is 29.6 Å². The van der Waals surface area contributed by atoms with Gasteiger partial charge in [0.2, 0.25) is 0 Å². The van der Waals surface area contributed by atoms with Gasteiger partial charge in [-0.25, -0.2) is 18.5 Å². The minimum absolute atomic E-state index is 0.0858.